The van der Waals surface area contributed by atoms with Crippen molar-refractivity contribution in [1.82, 2.24) is 4.90 Å². The fourth-order valence-corrected chi connectivity index (χ4v) is 1.58. The van der Waals surface area contributed by atoms with Crippen molar-refractivity contribution >= 4 is 29.2 Å². The van der Waals surface area contributed by atoms with Gasteiger partial charge >= 0.3 is 5.97 Å². The molecule has 0 aromatic heterocycles. The first-order valence-corrected chi connectivity index (χ1v) is 5.70. The topological polar surface area (TPSA) is 72.6 Å². The Labute approximate surface area is 110 Å². The van der Waals surface area contributed by atoms with Crippen molar-refractivity contribution in [2.24, 2.45) is 0 Å². The molecule has 0 aliphatic rings. The summed E-state index contributed by atoms with van der Waals surface area (Å²) in [6.45, 7) is 0.271. The number of nitrogen functional groups attached to an aromatic ring is 1. The maximum atomic E-state index is 12.0. The second-order valence-electron chi connectivity index (χ2n) is 3.78. The van der Waals surface area contributed by atoms with E-state index in [1.165, 1.54) is 18.1 Å². The van der Waals surface area contributed by atoms with E-state index in [1.807, 2.05) is 0 Å². The van der Waals surface area contributed by atoms with Gasteiger partial charge in [-0.1, -0.05) is 11.6 Å². The summed E-state index contributed by atoms with van der Waals surface area (Å²) in [7, 11) is 2.90. The number of ether oxygens (including phenoxy) is 1. The van der Waals surface area contributed by atoms with Gasteiger partial charge in [0.1, 0.15) is 0 Å². The number of carbonyl (C=O) groups excluding carboxylic acids is 2. The second-order valence-corrected chi connectivity index (χ2v) is 4.22. The Morgan fingerprint density at radius 2 is 2.11 bits per heavy atom. The number of nitrogens with two attached hydrogens (primary N) is 1. The number of nitrogens with zero attached hydrogens (tertiary/aromatic N) is 1. The summed E-state index contributed by atoms with van der Waals surface area (Å²) in [6.07, 6.45) is 0.145. The minimum absolute atomic E-state index is 0.145. The van der Waals surface area contributed by atoms with Gasteiger partial charge in [-0.2, -0.15) is 0 Å². The second kappa shape index (κ2) is 6.26. The number of carbonyl (C=O) groups is 2. The SMILES string of the molecule is COC(=O)CCN(C)C(=O)c1ccc(Cl)cc1N. The van der Waals surface area contributed by atoms with Gasteiger partial charge in [-0.05, 0) is 18.2 Å². The lowest BCUT2D eigenvalue weighted by atomic mass is 10.1. The molecule has 0 radical (unpaired) electrons. The zero-order valence-electron chi connectivity index (χ0n) is 10.3. The largest absolute Gasteiger partial charge is 0.469 e. The summed E-state index contributed by atoms with van der Waals surface area (Å²) < 4.78 is 4.51. The van der Waals surface area contributed by atoms with Gasteiger partial charge in [0.15, 0.2) is 0 Å². The summed E-state index contributed by atoms with van der Waals surface area (Å²) in [4.78, 5) is 24.4. The number of amides is 1. The molecule has 1 aromatic carbocycles. The number of esters is 1. The summed E-state index contributed by atoms with van der Waals surface area (Å²) in [6, 6.07) is 4.68. The van der Waals surface area contributed by atoms with Crippen LogP contribution in [0.1, 0.15) is 16.8 Å². The number of anilines is 1. The van der Waals surface area contributed by atoms with Gasteiger partial charge in [-0.25, -0.2) is 0 Å². The molecule has 0 aliphatic heterocycles. The first-order valence-electron chi connectivity index (χ1n) is 5.33. The Morgan fingerprint density at radius 1 is 1.44 bits per heavy atom. The normalized spacial score (nSPS) is 9.94. The predicted molar refractivity (Wildman–Crippen MR) is 69.5 cm³/mol. The fourth-order valence-electron chi connectivity index (χ4n) is 1.40. The average molecular weight is 271 g/mol. The molecule has 1 rings (SSSR count). The van der Waals surface area contributed by atoms with E-state index in [1.54, 1.807) is 19.2 Å². The van der Waals surface area contributed by atoms with Crippen LogP contribution in [0, 0.1) is 0 Å². The molecule has 0 heterocycles. The van der Waals surface area contributed by atoms with E-state index in [-0.39, 0.29) is 24.8 Å². The number of rotatable bonds is 4. The van der Waals surface area contributed by atoms with Gasteiger partial charge in [0.25, 0.3) is 5.91 Å². The Bertz CT molecular complexity index is 463. The highest BCUT2D eigenvalue weighted by Crippen LogP contribution is 2.19. The maximum Gasteiger partial charge on any atom is 0.307 e. The van der Waals surface area contributed by atoms with Crippen LogP contribution in [-0.4, -0.2) is 37.5 Å². The lowest BCUT2D eigenvalue weighted by Crippen LogP contribution is -2.29. The summed E-state index contributed by atoms with van der Waals surface area (Å²) in [5.41, 5.74) is 6.40. The van der Waals surface area contributed by atoms with Gasteiger partial charge in [-0.3, -0.25) is 9.59 Å². The number of benzene rings is 1. The van der Waals surface area contributed by atoms with Crippen molar-refractivity contribution in [2.75, 3.05) is 26.4 Å². The molecule has 0 saturated carbocycles. The quantitative estimate of drug-likeness (QED) is 0.666. The van der Waals surface area contributed by atoms with Crippen LogP contribution in [0.15, 0.2) is 18.2 Å². The van der Waals surface area contributed by atoms with Crippen molar-refractivity contribution in [3.05, 3.63) is 28.8 Å². The Morgan fingerprint density at radius 3 is 2.67 bits per heavy atom. The molecular formula is C12H15ClN2O3. The molecule has 0 spiro atoms. The van der Waals surface area contributed by atoms with Gasteiger partial charge in [0, 0.05) is 24.3 Å². The summed E-state index contributed by atoms with van der Waals surface area (Å²) in [5.74, 6) is -0.619. The molecule has 1 amide bonds. The van der Waals surface area contributed by atoms with Gasteiger partial charge in [0.2, 0.25) is 0 Å². The highest BCUT2D eigenvalue weighted by Gasteiger charge is 2.15. The first-order chi connectivity index (χ1) is 8.45. The molecule has 0 saturated heterocycles. The van der Waals surface area contributed by atoms with E-state index in [9.17, 15) is 9.59 Å². The molecule has 0 bridgehead atoms. The van der Waals surface area contributed by atoms with Crippen LogP contribution in [0.25, 0.3) is 0 Å². The molecule has 98 valence electrons. The van der Waals surface area contributed by atoms with Crippen LogP contribution < -0.4 is 5.73 Å². The lowest BCUT2D eigenvalue weighted by Gasteiger charge is -2.17. The Kier molecular flexibility index (Phi) is 4.97. The Hall–Kier alpha value is -1.75. The zero-order valence-corrected chi connectivity index (χ0v) is 11.0. The van der Waals surface area contributed by atoms with Crippen LogP contribution in [0.4, 0.5) is 5.69 Å². The molecule has 0 fully saturated rings. The number of hydrogen-bond acceptors (Lipinski definition) is 4. The molecule has 18 heavy (non-hydrogen) atoms. The molecule has 6 heteroatoms. The third-order valence-corrected chi connectivity index (χ3v) is 2.70. The van der Waals surface area contributed by atoms with E-state index < -0.39 is 0 Å². The van der Waals surface area contributed by atoms with Crippen LogP contribution >= 0.6 is 11.6 Å². The van der Waals surface area contributed by atoms with Crippen LogP contribution in [0.5, 0.6) is 0 Å². The highest BCUT2D eigenvalue weighted by molar-refractivity contribution is 6.31. The summed E-state index contributed by atoms with van der Waals surface area (Å²) in [5, 5.41) is 0.473. The van der Waals surface area contributed by atoms with E-state index in [2.05, 4.69) is 4.74 Å². The highest BCUT2D eigenvalue weighted by atomic mass is 35.5. The van der Waals surface area contributed by atoms with Crippen molar-refractivity contribution in [2.45, 2.75) is 6.42 Å². The van der Waals surface area contributed by atoms with E-state index in [0.717, 1.165) is 0 Å². The molecule has 0 aliphatic carbocycles. The van der Waals surface area contributed by atoms with Gasteiger partial charge in [0.05, 0.1) is 19.1 Å². The van der Waals surface area contributed by atoms with Crippen molar-refractivity contribution in [3.8, 4) is 0 Å². The van der Waals surface area contributed by atoms with Crippen LogP contribution in [0.2, 0.25) is 5.02 Å². The van der Waals surface area contributed by atoms with E-state index >= 15 is 0 Å². The molecule has 0 atom stereocenters. The molecular weight excluding hydrogens is 256 g/mol. The monoisotopic (exact) mass is 270 g/mol. The first kappa shape index (κ1) is 14.3. The average Bonchev–Trinajstić information content (AvgIpc) is 2.34. The van der Waals surface area contributed by atoms with E-state index in [0.29, 0.717) is 16.3 Å². The van der Waals surface area contributed by atoms with Crippen molar-refractivity contribution < 1.29 is 14.3 Å². The summed E-state index contributed by atoms with van der Waals surface area (Å²) >= 11 is 5.76. The molecule has 1 aromatic rings. The molecule has 2 N–H and O–H groups in total. The maximum absolute atomic E-state index is 12.0. The van der Waals surface area contributed by atoms with Crippen LogP contribution in [0.3, 0.4) is 0 Å². The van der Waals surface area contributed by atoms with E-state index in [4.69, 9.17) is 17.3 Å². The fraction of sp³-hybridized carbons (Fsp3) is 0.333. The lowest BCUT2D eigenvalue weighted by molar-refractivity contribution is -0.140. The minimum Gasteiger partial charge on any atom is -0.469 e. The minimum atomic E-state index is -0.362. The van der Waals surface area contributed by atoms with Gasteiger partial charge in [-0.15, -0.1) is 0 Å². The zero-order chi connectivity index (χ0) is 13.7. The molecule has 0 unspecified atom stereocenters. The number of hydrogen-bond donors (Lipinski definition) is 1. The number of halogens is 1. The molecule has 5 nitrogen and oxygen atoms in total. The smallest absolute Gasteiger partial charge is 0.307 e. The Balaban J connectivity index is 2.71. The third kappa shape index (κ3) is 3.63. The van der Waals surface area contributed by atoms with Crippen molar-refractivity contribution in [3.63, 3.8) is 0 Å². The van der Waals surface area contributed by atoms with Gasteiger partial charge < -0.3 is 15.4 Å². The third-order valence-electron chi connectivity index (χ3n) is 2.47. The number of methoxy groups -OCH3 is 1. The predicted octanol–water partition coefficient (Wildman–Crippen LogP) is 1.56. The standard InChI is InChI=1S/C12H15ClN2O3/c1-15(6-5-11(16)18-2)12(17)9-4-3-8(13)7-10(9)14/h3-4,7H,5-6,14H2,1-2H3. The van der Waals surface area contributed by atoms with Crippen LogP contribution in [-0.2, 0) is 9.53 Å². The van der Waals surface area contributed by atoms with Crippen molar-refractivity contribution in [1.29, 1.82) is 0 Å².